The number of aromatic amines is 1. The Morgan fingerprint density at radius 1 is 1.50 bits per heavy atom. The molecule has 0 amide bonds. The zero-order valence-corrected chi connectivity index (χ0v) is 9.40. The van der Waals surface area contributed by atoms with Gasteiger partial charge in [-0.1, -0.05) is 0 Å². The van der Waals surface area contributed by atoms with E-state index in [1.165, 1.54) is 0 Å². The van der Waals surface area contributed by atoms with Crippen LogP contribution in [0.25, 0.3) is 0 Å². The highest BCUT2D eigenvalue weighted by Crippen LogP contribution is 2.29. The molecule has 0 atom stereocenters. The molecule has 0 unspecified atom stereocenters. The monoisotopic (exact) mass is 251 g/mol. The van der Waals surface area contributed by atoms with E-state index in [0.717, 1.165) is 17.8 Å². The van der Waals surface area contributed by atoms with Gasteiger partial charge in [-0.25, -0.2) is 9.18 Å². The van der Waals surface area contributed by atoms with Crippen LogP contribution in [0, 0.1) is 12.7 Å². The maximum Gasteiger partial charge on any atom is 0.338 e. The first-order chi connectivity index (χ1) is 8.47. The molecule has 4 N–H and O–H groups in total. The first kappa shape index (κ1) is 11.9. The molecule has 0 spiro atoms. The highest BCUT2D eigenvalue weighted by Gasteiger charge is 2.15. The number of rotatable bonds is 3. The van der Waals surface area contributed by atoms with Gasteiger partial charge in [-0.15, -0.1) is 5.10 Å². The molecule has 1 aromatic heterocycles. The number of nitrogens with zero attached hydrogens (tertiary/aromatic N) is 1. The second kappa shape index (κ2) is 4.36. The summed E-state index contributed by atoms with van der Waals surface area (Å²) in [6, 6.07) is 3.53. The summed E-state index contributed by atoms with van der Waals surface area (Å²) in [7, 11) is 0. The van der Waals surface area contributed by atoms with Crippen LogP contribution in [0.1, 0.15) is 16.1 Å². The Balaban J connectivity index is 2.35. The van der Waals surface area contributed by atoms with Crippen molar-refractivity contribution in [2.24, 2.45) is 0 Å². The molecule has 18 heavy (non-hydrogen) atoms. The van der Waals surface area contributed by atoms with Gasteiger partial charge in [0, 0.05) is 17.8 Å². The molecule has 0 bridgehead atoms. The molecule has 2 aromatic rings. The number of hydrogen-bond acceptors (Lipinski definition) is 4. The Labute approximate surface area is 101 Å². The number of anilines is 1. The molecule has 7 heteroatoms. The number of aromatic nitrogens is 2. The topological polar surface area (TPSA) is 101 Å². The molecule has 1 heterocycles. The fourth-order valence-electron chi connectivity index (χ4n) is 1.38. The van der Waals surface area contributed by atoms with Crippen LogP contribution in [-0.2, 0) is 0 Å². The molecular weight excluding hydrogens is 241 g/mol. The summed E-state index contributed by atoms with van der Waals surface area (Å²) in [5.41, 5.74) is 5.88. The van der Waals surface area contributed by atoms with Crippen LogP contribution in [0.4, 0.5) is 10.1 Å². The van der Waals surface area contributed by atoms with E-state index in [0.29, 0.717) is 0 Å². The van der Waals surface area contributed by atoms with E-state index >= 15 is 0 Å². The number of ether oxygens (including phenoxy) is 1. The Bertz CT molecular complexity index is 610. The molecule has 0 saturated carbocycles. The van der Waals surface area contributed by atoms with Crippen molar-refractivity contribution in [1.29, 1.82) is 0 Å². The number of H-pyrrole nitrogens is 1. The summed E-state index contributed by atoms with van der Waals surface area (Å²) in [6.07, 6.45) is 0. The van der Waals surface area contributed by atoms with Gasteiger partial charge in [-0.3, -0.25) is 5.10 Å². The predicted molar refractivity (Wildman–Crippen MR) is 61.2 cm³/mol. The van der Waals surface area contributed by atoms with Gasteiger partial charge >= 0.3 is 5.97 Å². The molecule has 0 fully saturated rings. The quantitative estimate of drug-likeness (QED) is 0.723. The Kier molecular flexibility index (Phi) is 2.88. The largest absolute Gasteiger partial charge is 0.478 e. The summed E-state index contributed by atoms with van der Waals surface area (Å²) in [5, 5.41) is 15.2. The smallest absolute Gasteiger partial charge is 0.338 e. The molecule has 0 aliphatic rings. The van der Waals surface area contributed by atoms with Crippen LogP contribution < -0.4 is 10.5 Å². The van der Waals surface area contributed by atoms with Crippen LogP contribution in [-0.4, -0.2) is 21.3 Å². The molecule has 0 aliphatic carbocycles. The maximum absolute atomic E-state index is 13.4. The number of carboxylic acids is 1. The lowest BCUT2D eigenvalue weighted by Gasteiger charge is -2.07. The van der Waals surface area contributed by atoms with Gasteiger partial charge < -0.3 is 15.6 Å². The average Bonchev–Trinajstić information content (AvgIpc) is 2.68. The van der Waals surface area contributed by atoms with E-state index in [2.05, 4.69) is 10.2 Å². The average molecular weight is 251 g/mol. The number of halogens is 1. The van der Waals surface area contributed by atoms with Crippen molar-refractivity contribution in [2.45, 2.75) is 6.92 Å². The normalized spacial score (nSPS) is 10.3. The minimum Gasteiger partial charge on any atom is -0.478 e. The van der Waals surface area contributed by atoms with Crippen molar-refractivity contribution >= 4 is 11.7 Å². The molecule has 0 radical (unpaired) electrons. The number of nitrogens with two attached hydrogens (primary N) is 1. The standard InChI is InChI=1S/C11H10FN3O3/c1-5-2-10(15-14-5)18-9-4-7(12)6(11(16)17)3-8(9)13/h2-4H,13H2,1H3,(H,14,15)(H,16,17). The van der Waals surface area contributed by atoms with Gasteiger partial charge in [0.25, 0.3) is 0 Å². The predicted octanol–water partition coefficient (Wildman–Crippen LogP) is 1.93. The minimum atomic E-state index is -1.39. The number of aromatic carboxylic acids is 1. The number of nitrogen functional groups attached to an aromatic ring is 1. The summed E-state index contributed by atoms with van der Waals surface area (Å²) in [6.45, 7) is 1.78. The van der Waals surface area contributed by atoms with Crippen molar-refractivity contribution in [3.8, 4) is 11.6 Å². The van der Waals surface area contributed by atoms with Crippen LogP contribution in [0.5, 0.6) is 11.6 Å². The van der Waals surface area contributed by atoms with Crippen LogP contribution in [0.3, 0.4) is 0 Å². The Morgan fingerprint density at radius 3 is 2.78 bits per heavy atom. The molecule has 94 valence electrons. The number of carboxylic acid groups (broad SMARTS) is 1. The Hall–Kier alpha value is -2.57. The lowest BCUT2D eigenvalue weighted by Crippen LogP contribution is -2.03. The van der Waals surface area contributed by atoms with Crippen molar-refractivity contribution in [3.63, 3.8) is 0 Å². The third kappa shape index (κ3) is 2.24. The minimum absolute atomic E-state index is 0.0176. The fraction of sp³-hybridized carbons (Fsp3) is 0.0909. The highest BCUT2D eigenvalue weighted by molar-refractivity contribution is 5.89. The SMILES string of the molecule is Cc1cc(Oc2cc(F)c(C(=O)O)cc2N)n[nH]1. The van der Waals surface area contributed by atoms with Gasteiger partial charge in [0.05, 0.1) is 11.3 Å². The van der Waals surface area contributed by atoms with E-state index in [-0.39, 0.29) is 17.3 Å². The van der Waals surface area contributed by atoms with E-state index < -0.39 is 17.3 Å². The summed E-state index contributed by atoms with van der Waals surface area (Å²) in [5.74, 6) is -2.06. The van der Waals surface area contributed by atoms with Gasteiger partial charge in [-0.2, -0.15) is 0 Å². The molecular formula is C11H10FN3O3. The van der Waals surface area contributed by atoms with E-state index in [9.17, 15) is 9.18 Å². The van der Waals surface area contributed by atoms with Crippen molar-refractivity contribution in [2.75, 3.05) is 5.73 Å². The Morgan fingerprint density at radius 2 is 2.22 bits per heavy atom. The van der Waals surface area contributed by atoms with Crippen LogP contribution in [0.15, 0.2) is 18.2 Å². The summed E-state index contributed by atoms with van der Waals surface area (Å²) < 4.78 is 18.7. The molecule has 0 aliphatic heterocycles. The number of benzene rings is 1. The lowest BCUT2D eigenvalue weighted by molar-refractivity contribution is 0.0692. The molecule has 6 nitrogen and oxygen atoms in total. The van der Waals surface area contributed by atoms with Crippen molar-refractivity contribution in [1.82, 2.24) is 10.2 Å². The van der Waals surface area contributed by atoms with E-state index in [4.69, 9.17) is 15.6 Å². The second-order valence-corrected chi connectivity index (χ2v) is 3.67. The highest BCUT2D eigenvalue weighted by atomic mass is 19.1. The summed E-state index contributed by atoms with van der Waals surface area (Å²) in [4.78, 5) is 10.7. The third-order valence-corrected chi connectivity index (χ3v) is 2.23. The lowest BCUT2D eigenvalue weighted by atomic mass is 10.2. The van der Waals surface area contributed by atoms with Gasteiger partial charge in [0.1, 0.15) is 5.82 Å². The zero-order valence-electron chi connectivity index (χ0n) is 9.40. The number of hydrogen-bond donors (Lipinski definition) is 3. The number of nitrogens with one attached hydrogen (secondary N) is 1. The zero-order chi connectivity index (χ0) is 13.3. The number of carbonyl (C=O) groups is 1. The first-order valence-corrected chi connectivity index (χ1v) is 4.99. The molecule has 2 rings (SSSR count). The fourth-order valence-corrected chi connectivity index (χ4v) is 1.38. The molecule has 0 saturated heterocycles. The van der Waals surface area contributed by atoms with Crippen LogP contribution in [0.2, 0.25) is 0 Å². The van der Waals surface area contributed by atoms with Gasteiger partial charge in [0.2, 0.25) is 5.88 Å². The summed E-state index contributed by atoms with van der Waals surface area (Å²) >= 11 is 0. The second-order valence-electron chi connectivity index (χ2n) is 3.67. The number of aryl methyl sites for hydroxylation is 1. The first-order valence-electron chi connectivity index (χ1n) is 4.99. The van der Waals surface area contributed by atoms with E-state index in [1.54, 1.807) is 13.0 Å². The third-order valence-electron chi connectivity index (χ3n) is 2.23. The maximum atomic E-state index is 13.4. The van der Waals surface area contributed by atoms with Crippen LogP contribution >= 0.6 is 0 Å². The van der Waals surface area contributed by atoms with Gasteiger partial charge in [-0.05, 0) is 13.0 Å². The van der Waals surface area contributed by atoms with Crippen molar-refractivity contribution < 1.29 is 19.0 Å². The van der Waals surface area contributed by atoms with E-state index in [1.807, 2.05) is 0 Å². The molecule has 1 aromatic carbocycles. The van der Waals surface area contributed by atoms with Crippen molar-refractivity contribution in [3.05, 3.63) is 35.3 Å². The van der Waals surface area contributed by atoms with Gasteiger partial charge in [0.15, 0.2) is 5.75 Å².